The molecule has 6 heteroatoms. The van der Waals surface area contributed by atoms with Crippen LogP contribution in [0.3, 0.4) is 0 Å². The molecule has 1 aromatic carbocycles. The van der Waals surface area contributed by atoms with Crippen LogP contribution in [0, 0.1) is 17.6 Å². The van der Waals surface area contributed by atoms with Gasteiger partial charge >= 0.3 is 0 Å². The molecule has 2 aromatic rings. The van der Waals surface area contributed by atoms with Gasteiger partial charge in [-0.2, -0.15) is 0 Å². The van der Waals surface area contributed by atoms with Crippen molar-refractivity contribution in [3.05, 3.63) is 46.5 Å². The Bertz CT molecular complexity index is 625. The molecule has 2 rings (SSSR count). The van der Waals surface area contributed by atoms with E-state index in [2.05, 4.69) is 10.3 Å². The zero-order valence-electron chi connectivity index (χ0n) is 11.1. The number of nitrogens with one attached hydrogen (secondary N) is 1. The highest BCUT2D eigenvalue weighted by Crippen LogP contribution is 2.22. The molecule has 0 atom stereocenters. The molecule has 0 fully saturated rings. The lowest BCUT2D eigenvalue weighted by Gasteiger charge is -2.03. The number of nitrogens with zero attached hydrogens (tertiary/aromatic N) is 1. The topological polar surface area (TPSA) is 42.0 Å². The van der Waals surface area contributed by atoms with E-state index >= 15 is 0 Å². The Hall–Kier alpha value is -1.82. The first-order valence-electron chi connectivity index (χ1n) is 6.15. The average molecular weight is 296 g/mol. The number of amides is 1. The number of hydrogen-bond donors (Lipinski definition) is 1. The van der Waals surface area contributed by atoms with Crippen molar-refractivity contribution in [1.82, 2.24) is 4.98 Å². The first kappa shape index (κ1) is 14.6. The molecular weight excluding hydrogens is 282 g/mol. The normalized spacial score (nSPS) is 10.8. The van der Waals surface area contributed by atoms with Crippen LogP contribution in [0.2, 0.25) is 0 Å². The smallest absolute Gasteiger partial charge is 0.228 e. The number of thiazole rings is 1. The first-order valence-corrected chi connectivity index (χ1v) is 6.97. The Morgan fingerprint density at radius 1 is 1.35 bits per heavy atom. The van der Waals surface area contributed by atoms with Crippen molar-refractivity contribution in [3.63, 3.8) is 0 Å². The van der Waals surface area contributed by atoms with Crippen LogP contribution >= 0.6 is 11.3 Å². The minimum atomic E-state index is -0.861. The summed E-state index contributed by atoms with van der Waals surface area (Å²) in [6.45, 7) is 3.59. The Labute approximate surface area is 119 Å². The van der Waals surface area contributed by atoms with Gasteiger partial charge < -0.3 is 5.32 Å². The van der Waals surface area contributed by atoms with Crippen molar-refractivity contribution in [2.75, 3.05) is 5.32 Å². The van der Waals surface area contributed by atoms with Crippen molar-refractivity contribution in [1.29, 1.82) is 0 Å². The molecule has 0 spiro atoms. The predicted octanol–water partition coefficient (Wildman–Crippen LogP) is 3.61. The Morgan fingerprint density at radius 2 is 2.10 bits per heavy atom. The Balaban J connectivity index is 2.05. The standard InChI is InChI=1S/C14H14F2N2OS/c1-8(2)13(19)18-14-17-7-10(20-14)5-9-3-4-11(15)12(16)6-9/h3-4,6-8H,5H2,1-2H3,(H,17,18,19). The van der Waals surface area contributed by atoms with Crippen LogP contribution in [-0.4, -0.2) is 10.9 Å². The van der Waals surface area contributed by atoms with Gasteiger partial charge in [0.05, 0.1) is 0 Å². The van der Waals surface area contributed by atoms with Crippen molar-refractivity contribution in [2.24, 2.45) is 5.92 Å². The number of carbonyl (C=O) groups is 1. The molecule has 1 aromatic heterocycles. The molecule has 0 aliphatic heterocycles. The Morgan fingerprint density at radius 3 is 2.75 bits per heavy atom. The molecule has 1 N–H and O–H groups in total. The van der Waals surface area contributed by atoms with E-state index in [1.165, 1.54) is 23.5 Å². The van der Waals surface area contributed by atoms with Crippen LogP contribution in [0.25, 0.3) is 0 Å². The molecule has 106 valence electrons. The minimum Gasteiger partial charge on any atom is -0.302 e. The molecule has 1 amide bonds. The van der Waals surface area contributed by atoms with Gasteiger partial charge in [-0.3, -0.25) is 4.79 Å². The molecule has 3 nitrogen and oxygen atoms in total. The summed E-state index contributed by atoms with van der Waals surface area (Å²) in [6, 6.07) is 3.80. The van der Waals surface area contributed by atoms with Gasteiger partial charge in [0.15, 0.2) is 16.8 Å². The maximum absolute atomic E-state index is 13.1. The fraction of sp³-hybridized carbons (Fsp3) is 0.286. The lowest BCUT2D eigenvalue weighted by atomic mass is 10.1. The second-order valence-electron chi connectivity index (χ2n) is 4.70. The second kappa shape index (κ2) is 6.09. The first-order chi connectivity index (χ1) is 9.45. The molecule has 0 aliphatic carbocycles. The van der Waals surface area contributed by atoms with E-state index < -0.39 is 11.6 Å². The van der Waals surface area contributed by atoms with Crippen molar-refractivity contribution >= 4 is 22.4 Å². The molecule has 1 heterocycles. The summed E-state index contributed by atoms with van der Waals surface area (Å²) in [5, 5.41) is 3.22. The van der Waals surface area contributed by atoms with Gasteiger partial charge in [-0.25, -0.2) is 13.8 Å². The maximum Gasteiger partial charge on any atom is 0.228 e. The molecule has 0 radical (unpaired) electrons. The van der Waals surface area contributed by atoms with Gasteiger partial charge in [0.1, 0.15) is 0 Å². The quantitative estimate of drug-likeness (QED) is 0.936. The zero-order chi connectivity index (χ0) is 14.7. The summed E-state index contributed by atoms with van der Waals surface area (Å²) < 4.78 is 25.9. The molecule has 0 bridgehead atoms. The van der Waals surface area contributed by atoms with Gasteiger partial charge in [0, 0.05) is 23.4 Å². The van der Waals surface area contributed by atoms with Gasteiger partial charge in [-0.15, -0.1) is 11.3 Å². The molecule has 0 saturated carbocycles. The fourth-order valence-electron chi connectivity index (χ4n) is 1.55. The van der Waals surface area contributed by atoms with Crippen LogP contribution in [0.5, 0.6) is 0 Å². The van der Waals surface area contributed by atoms with Crippen LogP contribution in [0.1, 0.15) is 24.3 Å². The third-order valence-corrected chi connectivity index (χ3v) is 3.58. The fourth-order valence-corrected chi connectivity index (χ4v) is 2.40. The van der Waals surface area contributed by atoms with E-state index in [1.54, 1.807) is 20.0 Å². The molecule has 0 aliphatic rings. The summed E-state index contributed by atoms with van der Waals surface area (Å²) in [6.07, 6.45) is 2.08. The number of hydrogen-bond acceptors (Lipinski definition) is 3. The van der Waals surface area contributed by atoms with Gasteiger partial charge in [-0.1, -0.05) is 19.9 Å². The third kappa shape index (κ3) is 3.60. The molecular formula is C14H14F2N2OS. The average Bonchev–Trinajstić information content (AvgIpc) is 2.81. The van der Waals surface area contributed by atoms with E-state index in [9.17, 15) is 13.6 Å². The van der Waals surface area contributed by atoms with E-state index in [-0.39, 0.29) is 11.8 Å². The minimum absolute atomic E-state index is 0.0984. The highest BCUT2D eigenvalue weighted by molar-refractivity contribution is 7.15. The lowest BCUT2D eigenvalue weighted by Crippen LogP contribution is -2.17. The summed E-state index contributed by atoms with van der Waals surface area (Å²) in [5.41, 5.74) is 0.661. The second-order valence-corrected chi connectivity index (χ2v) is 5.82. The number of aromatic nitrogens is 1. The number of rotatable bonds is 4. The Kier molecular flexibility index (Phi) is 4.44. The van der Waals surface area contributed by atoms with Crippen LogP contribution in [0.4, 0.5) is 13.9 Å². The molecule has 0 saturated heterocycles. The van der Waals surface area contributed by atoms with Gasteiger partial charge in [0.2, 0.25) is 5.91 Å². The van der Waals surface area contributed by atoms with Gasteiger partial charge in [-0.05, 0) is 17.7 Å². The number of halogens is 2. The number of anilines is 1. The summed E-state index contributed by atoms with van der Waals surface area (Å²) in [4.78, 5) is 16.5. The van der Waals surface area contributed by atoms with Crippen LogP contribution in [0.15, 0.2) is 24.4 Å². The summed E-state index contributed by atoms with van der Waals surface area (Å²) >= 11 is 1.32. The summed E-state index contributed by atoms with van der Waals surface area (Å²) in [7, 11) is 0. The van der Waals surface area contributed by atoms with E-state index in [0.29, 0.717) is 17.1 Å². The van der Waals surface area contributed by atoms with E-state index in [0.717, 1.165) is 10.9 Å². The zero-order valence-corrected chi connectivity index (χ0v) is 11.9. The van der Waals surface area contributed by atoms with Crippen LogP contribution in [-0.2, 0) is 11.2 Å². The lowest BCUT2D eigenvalue weighted by molar-refractivity contribution is -0.118. The monoisotopic (exact) mass is 296 g/mol. The number of benzene rings is 1. The van der Waals surface area contributed by atoms with Crippen molar-refractivity contribution in [3.8, 4) is 0 Å². The highest BCUT2D eigenvalue weighted by Gasteiger charge is 2.11. The van der Waals surface area contributed by atoms with Crippen LogP contribution < -0.4 is 5.32 Å². The molecule has 20 heavy (non-hydrogen) atoms. The van der Waals surface area contributed by atoms with E-state index in [4.69, 9.17) is 0 Å². The number of carbonyl (C=O) groups excluding carboxylic acids is 1. The SMILES string of the molecule is CC(C)C(=O)Nc1ncc(Cc2ccc(F)c(F)c2)s1. The van der Waals surface area contributed by atoms with E-state index in [1.807, 2.05) is 0 Å². The van der Waals surface area contributed by atoms with Crippen molar-refractivity contribution < 1.29 is 13.6 Å². The highest BCUT2D eigenvalue weighted by atomic mass is 32.1. The predicted molar refractivity (Wildman–Crippen MR) is 74.7 cm³/mol. The summed E-state index contributed by atoms with van der Waals surface area (Å²) in [5.74, 6) is -1.93. The third-order valence-electron chi connectivity index (χ3n) is 2.67. The van der Waals surface area contributed by atoms with Gasteiger partial charge in [0.25, 0.3) is 0 Å². The maximum atomic E-state index is 13.1. The van der Waals surface area contributed by atoms with Crippen molar-refractivity contribution in [2.45, 2.75) is 20.3 Å². The largest absolute Gasteiger partial charge is 0.302 e. The molecule has 0 unspecified atom stereocenters.